The lowest BCUT2D eigenvalue weighted by Gasteiger charge is -2.26. The number of halogens is 2. The summed E-state index contributed by atoms with van der Waals surface area (Å²) in [6.45, 7) is 4.13. The van der Waals surface area contributed by atoms with E-state index in [-0.39, 0.29) is 24.8 Å². The molecule has 0 saturated carbocycles. The van der Waals surface area contributed by atoms with Crippen molar-refractivity contribution in [3.05, 3.63) is 48.0 Å². The second-order valence-corrected chi connectivity index (χ2v) is 6.23. The number of hydrogen-bond donors (Lipinski definition) is 3. The third kappa shape index (κ3) is 6.83. The molecule has 1 atom stereocenters. The van der Waals surface area contributed by atoms with Gasteiger partial charge in [0.1, 0.15) is 17.8 Å². The van der Waals surface area contributed by atoms with E-state index in [1.54, 1.807) is 6.33 Å². The van der Waals surface area contributed by atoms with Crippen molar-refractivity contribution < 1.29 is 9.84 Å². The maximum absolute atomic E-state index is 10.5. The van der Waals surface area contributed by atoms with Crippen molar-refractivity contribution in [1.82, 2.24) is 25.4 Å². The fourth-order valence-corrected chi connectivity index (χ4v) is 2.80. The average molecular weight is 404 g/mol. The van der Waals surface area contributed by atoms with Gasteiger partial charge in [-0.3, -0.25) is 0 Å². The summed E-state index contributed by atoms with van der Waals surface area (Å²) < 4.78 is 7.47. The zero-order valence-corrected chi connectivity index (χ0v) is 16.3. The van der Waals surface area contributed by atoms with E-state index >= 15 is 0 Å². The standard InChI is InChI=1S/C17H25N5O2.2ClH/c23-17(11-18-7-9-24-13-17)12-19-10-16-21-20-14-22(16)8-6-15-4-2-1-3-5-15;;/h1-5,14,18-19,23H,6-13H2;2*1H. The van der Waals surface area contributed by atoms with E-state index in [1.807, 2.05) is 22.8 Å². The van der Waals surface area contributed by atoms with Crippen LogP contribution in [-0.2, 0) is 24.2 Å². The van der Waals surface area contributed by atoms with Gasteiger partial charge in [-0.2, -0.15) is 0 Å². The number of aromatic nitrogens is 3. The molecule has 3 N–H and O–H groups in total. The Bertz CT molecular complexity index is 619. The van der Waals surface area contributed by atoms with Crippen LogP contribution in [0.3, 0.4) is 0 Å². The highest BCUT2D eigenvalue weighted by Crippen LogP contribution is 2.07. The number of hydrogen-bond acceptors (Lipinski definition) is 6. The molecule has 1 aliphatic rings. The Kier molecular flexibility index (Phi) is 10.1. The summed E-state index contributed by atoms with van der Waals surface area (Å²) >= 11 is 0. The van der Waals surface area contributed by atoms with Crippen LogP contribution in [0.25, 0.3) is 0 Å². The van der Waals surface area contributed by atoms with Crippen molar-refractivity contribution in [3.8, 4) is 0 Å². The Morgan fingerprint density at radius 3 is 2.88 bits per heavy atom. The maximum Gasteiger partial charge on any atom is 0.146 e. The minimum atomic E-state index is -0.884. The highest BCUT2D eigenvalue weighted by atomic mass is 35.5. The third-order valence-corrected chi connectivity index (χ3v) is 4.17. The second-order valence-electron chi connectivity index (χ2n) is 6.23. The maximum atomic E-state index is 10.5. The van der Waals surface area contributed by atoms with Crippen molar-refractivity contribution in [2.45, 2.75) is 25.1 Å². The van der Waals surface area contributed by atoms with Gasteiger partial charge in [-0.15, -0.1) is 35.0 Å². The summed E-state index contributed by atoms with van der Waals surface area (Å²) in [6, 6.07) is 10.4. The molecule has 146 valence electrons. The Hall–Kier alpha value is -1.22. The van der Waals surface area contributed by atoms with Crippen molar-refractivity contribution in [3.63, 3.8) is 0 Å². The van der Waals surface area contributed by atoms with Gasteiger partial charge in [-0.05, 0) is 12.0 Å². The molecule has 2 aromatic rings. The van der Waals surface area contributed by atoms with Gasteiger partial charge in [-0.25, -0.2) is 0 Å². The zero-order valence-electron chi connectivity index (χ0n) is 14.6. The van der Waals surface area contributed by atoms with E-state index in [1.165, 1.54) is 5.56 Å². The van der Waals surface area contributed by atoms with Gasteiger partial charge in [0.15, 0.2) is 0 Å². The Morgan fingerprint density at radius 2 is 2.08 bits per heavy atom. The van der Waals surface area contributed by atoms with Gasteiger partial charge in [0, 0.05) is 26.2 Å². The van der Waals surface area contributed by atoms with Gasteiger partial charge in [0.05, 0.1) is 19.8 Å². The molecule has 0 bridgehead atoms. The molecule has 9 heteroatoms. The van der Waals surface area contributed by atoms with E-state index in [4.69, 9.17) is 4.74 Å². The Labute approximate surface area is 166 Å². The minimum Gasteiger partial charge on any atom is -0.385 e. The lowest BCUT2D eigenvalue weighted by Crippen LogP contribution is -2.50. The van der Waals surface area contributed by atoms with Crippen LogP contribution in [0.5, 0.6) is 0 Å². The van der Waals surface area contributed by atoms with Crippen LogP contribution in [-0.4, -0.2) is 58.3 Å². The summed E-state index contributed by atoms with van der Waals surface area (Å²) in [5, 5.41) is 25.1. The topological polar surface area (TPSA) is 84.2 Å². The fourth-order valence-electron chi connectivity index (χ4n) is 2.80. The minimum absolute atomic E-state index is 0. The first-order valence-corrected chi connectivity index (χ1v) is 8.37. The van der Waals surface area contributed by atoms with E-state index < -0.39 is 5.60 Å². The number of rotatable bonds is 7. The fraction of sp³-hybridized carbons (Fsp3) is 0.529. The molecule has 1 aromatic heterocycles. The third-order valence-electron chi connectivity index (χ3n) is 4.17. The number of aliphatic hydroxyl groups is 1. The summed E-state index contributed by atoms with van der Waals surface area (Å²) in [7, 11) is 0. The van der Waals surface area contributed by atoms with Crippen LogP contribution >= 0.6 is 24.8 Å². The van der Waals surface area contributed by atoms with E-state index in [0.717, 1.165) is 25.3 Å². The van der Waals surface area contributed by atoms with Gasteiger partial charge in [0.25, 0.3) is 0 Å². The molecule has 0 aliphatic carbocycles. The predicted molar refractivity (Wildman–Crippen MR) is 105 cm³/mol. The number of β-amino-alcohol motifs (C(OH)–C–C–N with tert-alkyl or cyclic N) is 1. The first kappa shape index (κ1) is 22.8. The van der Waals surface area contributed by atoms with Crippen LogP contribution < -0.4 is 10.6 Å². The quantitative estimate of drug-likeness (QED) is 0.634. The molecule has 1 aliphatic heterocycles. The molecular formula is C17H27Cl2N5O2. The molecular weight excluding hydrogens is 377 g/mol. The lowest BCUT2D eigenvalue weighted by atomic mass is 10.1. The Morgan fingerprint density at radius 1 is 1.27 bits per heavy atom. The molecule has 1 fully saturated rings. The van der Waals surface area contributed by atoms with Crippen LogP contribution in [0.15, 0.2) is 36.7 Å². The number of benzene rings is 1. The van der Waals surface area contributed by atoms with Crippen LogP contribution in [0, 0.1) is 0 Å². The highest BCUT2D eigenvalue weighted by molar-refractivity contribution is 5.85. The van der Waals surface area contributed by atoms with Gasteiger partial charge >= 0.3 is 0 Å². The molecule has 1 aromatic carbocycles. The summed E-state index contributed by atoms with van der Waals surface area (Å²) in [5.74, 6) is 0.872. The highest BCUT2D eigenvalue weighted by Gasteiger charge is 2.28. The summed E-state index contributed by atoms with van der Waals surface area (Å²) in [6.07, 6.45) is 2.69. The molecule has 3 rings (SSSR count). The lowest BCUT2D eigenvalue weighted by molar-refractivity contribution is -0.0265. The van der Waals surface area contributed by atoms with Gasteiger partial charge < -0.3 is 25.0 Å². The molecule has 0 spiro atoms. The smallest absolute Gasteiger partial charge is 0.146 e. The average Bonchev–Trinajstić information content (AvgIpc) is 2.93. The van der Waals surface area contributed by atoms with Crippen molar-refractivity contribution in [2.24, 2.45) is 0 Å². The molecule has 1 unspecified atom stereocenters. The molecule has 7 nitrogen and oxygen atoms in total. The SMILES string of the molecule is Cl.Cl.OC1(CNCc2nncn2CCc2ccccc2)CNCCOC1. The molecule has 1 saturated heterocycles. The van der Waals surface area contributed by atoms with Crippen molar-refractivity contribution >= 4 is 24.8 Å². The zero-order chi connectivity index (χ0) is 16.7. The number of aryl methyl sites for hydroxylation is 2. The largest absolute Gasteiger partial charge is 0.385 e. The first-order valence-electron chi connectivity index (χ1n) is 8.37. The van der Waals surface area contributed by atoms with Crippen LogP contribution in [0.4, 0.5) is 0 Å². The molecule has 0 radical (unpaired) electrons. The summed E-state index contributed by atoms with van der Waals surface area (Å²) in [4.78, 5) is 0. The number of nitrogens with one attached hydrogen (secondary N) is 2. The molecule has 0 amide bonds. The number of nitrogens with zero attached hydrogens (tertiary/aromatic N) is 3. The molecule has 26 heavy (non-hydrogen) atoms. The van der Waals surface area contributed by atoms with Gasteiger partial charge in [0.2, 0.25) is 0 Å². The van der Waals surface area contributed by atoms with Crippen molar-refractivity contribution in [1.29, 1.82) is 0 Å². The van der Waals surface area contributed by atoms with Gasteiger partial charge in [-0.1, -0.05) is 30.3 Å². The van der Waals surface area contributed by atoms with Crippen molar-refractivity contribution in [2.75, 3.05) is 32.8 Å². The van der Waals surface area contributed by atoms with E-state index in [0.29, 0.717) is 32.8 Å². The van der Waals surface area contributed by atoms with E-state index in [2.05, 4.69) is 33.0 Å². The second kappa shape index (κ2) is 11.5. The first-order chi connectivity index (χ1) is 11.8. The van der Waals surface area contributed by atoms with Crippen LogP contribution in [0.1, 0.15) is 11.4 Å². The molecule has 2 heterocycles. The van der Waals surface area contributed by atoms with Crippen LogP contribution in [0.2, 0.25) is 0 Å². The van der Waals surface area contributed by atoms with E-state index in [9.17, 15) is 5.11 Å². The normalized spacial score (nSPS) is 19.9. The monoisotopic (exact) mass is 403 g/mol. The summed E-state index contributed by atoms with van der Waals surface area (Å²) in [5.41, 5.74) is 0.409. The number of ether oxygens (including phenoxy) is 1. The Balaban J connectivity index is 0.00000169. The predicted octanol–water partition coefficient (Wildman–Crippen LogP) is 0.805.